The Labute approximate surface area is 136 Å². The molecule has 6 rings (SSSR count). The fraction of sp³-hybridized carbons (Fsp3) is 1.00. The molecule has 6 fully saturated rings. The lowest BCUT2D eigenvalue weighted by atomic mass is 9.27. The van der Waals surface area contributed by atoms with Gasteiger partial charge < -0.3 is 0 Å². The van der Waals surface area contributed by atoms with Crippen LogP contribution < -0.4 is 0 Å². The molecule has 0 N–H and O–H groups in total. The zero-order valence-electron chi connectivity index (χ0n) is 15.5. The van der Waals surface area contributed by atoms with Gasteiger partial charge in [0.05, 0.1) is 0 Å². The van der Waals surface area contributed by atoms with Gasteiger partial charge in [0.15, 0.2) is 0 Å². The van der Waals surface area contributed by atoms with Crippen molar-refractivity contribution in [1.82, 2.24) is 0 Å². The molecule has 0 saturated heterocycles. The molecule has 0 aromatic rings. The van der Waals surface area contributed by atoms with Gasteiger partial charge in [0.25, 0.3) is 0 Å². The molecule has 0 heterocycles. The molecule has 0 aliphatic heterocycles. The molecule has 6 saturated carbocycles. The van der Waals surface area contributed by atoms with E-state index in [1.807, 2.05) is 0 Å². The van der Waals surface area contributed by atoms with Crippen LogP contribution in [0.3, 0.4) is 0 Å². The zero-order valence-corrected chi connectivity index (χ0v) is 15.5. The van der Waals surface area contributed by atoms with E-state index in [2.05, 4.69) is 41.5 Å². The van der Waals surface area contributed by atoms with Crippen LogP contribution in [0.15, 0.2) is 0 Å². The summed E-state index contributed by atoms with van der Waals surface area (Å²) >= 11 is 0. The Morgan fingerprint density at radius 3 is 2.09 bits per heavy atom. The summed E-state index contributed by atoms with van der Waals surface area (Å²) in [7, 11) is 0. The molecular formula is C22H34. The molecule has 11 atom stereocenters. The minimum Gasteiger partial charge on any atom is -0.0622 e. The molecule has 122 valence electrons. The average Bonchev–Trinajstić information content (AvgIpc) is 3.35. The quantitative estimate of drug-likeness (QED) is 0.576. The van der Waals surface area contributed by atoms with Crippen LogP contribution >= 0.6 is 0 Å². The predicted octanol–water partition coefficient (Wildman–Crippen LogP) is 5.77. The molecule has 0 heteroatoms. The topological polar surface area (TPSA) is 0 Å². The first-order chi connectivity index (χ1) is 10.2. The van der Waals surface area contributed by atoms with Gasteiger partial charge in [-0.3, -0.25) is 0 Å². The highest BCUT2D eigenvalue weighted by atomic mass is 15.0. The monoisotopic (exact) mass is 298 g/mol. The Morgan fingerprint density at radius 2 is 1.59 bits per heavy atom. The van der Waals surface area contributed by atoms with Crippen LogP contribution in [0, 0.1) is 62.6 Å². The maximum Gasteiger partial charge on any atom is -0.0139 e. The summed E-state index contributed by atoms with van der Waals surface area (Å²) in [5.74, 6) is 6.24. The number of fused-ring (bicyclic) bond motifs is 3. The average molecular weight is 299 g/mol. The lowest BCUT2D eigenvalue weighted by molar-refractivity contribution is -0.290. The van der Waals surface area contributed by atoms with E-state index in [0.29, 0.717) is 16.2 Å². The van der Waals surface area contributed by atoms with Gasteiger partial charge in [0, 0.05) is 0 Å². The molecule has 0 aromatic heterocycles. The largest absolute Gasteiger partial charge is 0.0622 e. The van der Waals surface area contributed by atoms with E-state index in [-0.39, 0.29) is 0 Å². The van der Waals surface area contributed by atoms with Crippen molar-refractivity contribution < 1.29 is 0 Å². The van der Waals surface area contributed by atoms with Crippen LogP contribution in [0.25, 0.3) is 0 Å². The van der Waals surface area contributed by atoms with Crippen molar-refractivity contribution in [2.75, 3.05) is 0 Å². The summed E-state index contributed by atoms with van der Waals surface area (Å²) in [5, 5.41) is 0. The first kappa shape index (κ1) is 13.3. The molecule has 0 radical (unpaired) electrons. The van der Waals surface area contributed by atoms with E-state index in [0.717, 1.165) is 46.3 Å². The minimum absolute atomic E-state index is 0.686. The van der Waals surface area contributed by atoms with E-state index in [1.54, 1.807) is 32.1 Å². The molecule has 0 aromatic carbocycles. The highest BCUT2D eigenvalue weighted by Crippen LogP contribution is 3.01. The van der Waals surface area contributed by atoms with Gasteiger partial charge in [-0.05, 0) is 94.7 Å². The van der Waals surface area contributed by atoms with Gasteiger partial charge in [-0.2, -0.15) is 0 Å². The molecular weight excluding hydrogens is 264 g/mol. The Balaban J connectivity index is 1.54. The van der Waals surface area contributed by atoms with Crippen molar-refractivity contribution in [3.8, 4) is 0 Å². The molecule has 6 aliphatic rings. The summed E-state index contributed by atoms with van der Waals surface area (Å²) < 4.78 is 0. The third-order valence-electron chi connectivity index (χ3n) is 12.1. The standard InChI is InChI=1S/C22H34/c1-12-9-15(12)20(6)17-18(4)11-21(8-7-19(18,21)5)10-16-13(2)14(3)22(16,17)20/h12-17H,7-11H2,1-6H3. The van der Waals surface area contributed by atoms with Gasteiger partial charge in [-0.1, -0.05) is 41.5 Å². The van der Waals surface area contributed by atoms with Crippen LogP contribution in [-0.2, 0) is 0 Å². The third-order valence-corrected chi connectivity index (χ3v) is 12.1. The predicted molar refractivity (Wildman–Crippen MR) is 90.2 cm³/mol. The Bertz CT molecular complexity index is 607. The lowest BCUT2D eigenvalue weighted by Gasteiger charge is -2.78. The lowest BCUT2D eigenvalue weighted by Crippen LogP contribution is -2.70. The fourth-order valence-electron chi connectivity index (χ4n) is 10.8. The summed E-state index contributed by atoms with van der Waals surface area (Å²) in [6.45, 7) is 16.0. The second-order valence-corrected chi connectivity index (χ2v) is 11.6. The maximum atomic E-state index is 2.76. The summed E-state index contributed by atoms with van der Waals surface area (Å²) in [4.78, 5) is 0. The van der Waals surface area contributed by atoms with Gasteiger partial charge in [-0.15, -0.1) is 0 Å². The Hall–Kier alpha value is 0. The SMILES string of the molecule is CC1CC1C1(C)C2C3(C)CC4(CCC43C)CC3C(C)C(C)C321. The van der Waals surface area contributed by atoms with Gasteiger partial charge >= 0.3 is 0 Å². The van der Waals surface area contributed by atoms with E-state index in [4.69, 9.17) is 0 Å². The molecule has 2 bridgehead atoms. The molecule has 6 aliphatic carbocycles. The number of hydrogen-bond acceptors (Lipinski definition) is 0. The molecule has 0 amide bonds. The maximum absolute atomic E-state index is 2.76. The van der Waals surface area contributed by atoms with Crippen molar-refractivity contribution in [2.45, 2.75) is 73.6 Å². The van der Waals surface area contributed by atoms with Crippen LogP contribution in [0.4, 0.5) is 0 Å². The first-order valence-electron chi connectivity index (χ1n) is 10.2. The van der Waals surface area contributed by atoms with Gasteiger partial charge in [0.1, 0.15) is 0 Å². The molecule has 11 unspecified atom stereocenters. The summed E-state index contributed by atoms with van der Waals surface area (Å²) in [5.41, 5.74) is 3.66. The second kappa shape index (κ2) is 2.99. The van der Waals surface area contributed by atoms with Gasteiger partial charge in [0.2, 0.25) is 0 Å². The number of hydrogen-bond donors (Lipinski definition) is 0. The molecule has 22 heavy (non-hydrogen) atoms. The molecule has 0 nitrogen and oxygen atoms in total. The Morgan fingerprint density at radius 1 is 0.909 bits per heavy atom. The van der Waals surface area contributed by atoms with Crippen molar-refractivity contribution in [3.63, 3.8) is 0 Å². The highest BCUT2D eigenvalue weighted by molar-refractivity contribution is 5.43. The normalized spacial score (nSPS) is 79.4. The number of rotatable bonds is 1. The van der Waals surface area contributed by atoms with Crippen LogP contribution in [0.2, 0.25) is 0 Å². The van der Waals surface area contributed by atoms with Gasteiger partial charge in [-0.25, -0.2) is 0 Å². The van der Waals surface area contributed by atoms with Crippen LogP contribution in [0.1, 0.15) is 73.6 Å². The fourth-order valence-corrected chi connectivity index (χ4v) is 10.8. The van der Waals surface area contributed by atoms with Crippen molar-refractivity contribution in [2.24, 2.45) is 62.6 Å². The second-order valence-electron chi connectivity index (χ2n) is 11.6. The van der Waals surface area contributed by atoms with Crippen molar-refractivity contribution >= 4 is 0 Å². The zero-order chi connectivity index (χ0) is 15.5. The smallest absolute Gasteiger partial charge is 0.0139 e. The van der Waals surface area contributed by atoms with Crippen LogP contribution in [-0.4, -0.2) is 0 Å². The minimum atomic E-state index is 0.686. The Kier molecular flexibility index (Phi) is 1.81. The summed E-state index contributed by atoms with van der Waals surface area (Å²) in [6.07, 6.45) is 7.85. The first-order valence-corrected chi connectivity index (χ1v) is 10.2. The van der Waals surface area contributed by atoms with E-state index < -0.39 is 0 Å². The van der Waals surface area contributed by atoms with E-state index in [1.165, 1.54) is 0 Å². The molecule has 2 spiro atoms. The van der Waals surface area contributed by atoms with Crippen molar-refractivity contribution in [3.05, 3.63) is 0 Å². The van der Waals surface area contributed by atoms with Crippen LogP contribution in [0.5, 0.6) is 0 Å². The highest BCUT2D eigenvalue weighted by Gasteiger charge is 2.96. The van der Waals surface area contributed by atoms with Crippen molar-refractivity contribution in [1.29, 1.82) is 0 Å². The third kappa shape index (κ3) is 0.835. The van der Waals surface area contributed by atoms with E-state index >= 15 is 0 Å². The van der Waals surface area contributed by atoms with E-state index in [9.17, 15) is 0 Å². The summed E-state index contributed by atoms with van der Waals surface area (Å²) in [6, 6.07) is 0.